The fraction of sp³-hybridized carbons (Fsp3) is 0.286. The van der Waals surface area contributed by atoms with E-state index in [9.17, 15) is 13.2 Å². The van der Waals surface area contributed by atoms with Crippen molar-refractivity contribution in [1.82, 2.24) is 4.13 Å². The quantitative estimate of drug-likeness (QED) is 0.497. The molecule has 1 unspecified atom stereocenters. The molecule has 1 atom stereocenters. The van der Waals surface area contributed by atoms with Gasteiger partial charge in [-0.1, -0.05) is 0 Å². The van der Waals surface area contributed by atoms with Crippen LogP contribution in [0.15, 0.2) is 32.1 Å². The summed E-state index contributed by atoms with van der Waals surface area (Å²) >= 11 is 2.00. The number of thiophene rings is 1. The first-order valence-electron chi connectivity index (χ1n) is 4.54. The molecule has 1 amide bonds. The number of nitrogens with zero attached hydrogens (tertiary/aromatic N) is 3. The summed E-state index contributed by atoms with van der Waals surface area (Å²) in [7, 11) is -3.61. The molecule has 1 aliphatic heterocycles. The predicted molar refractivity (Wildman–Crippen MR) is 63.1 cm³/mol. The summed E-state index contributed by atoms with van der Waals surface area (Å²) in [4.78, 5) is 11.1. The van der Waals surface area contributed by atoms with Crippen LogP contribution in [0.25, 0.3) is 0 Å². The third kappa shape index (κ3) is 2.72. The lowest BCUT2D eigenvalue weighted by atomic mass is 10.7. The minimum atomic E-state index is -3.61. The van der Waals surface area contributed by atoms with E-state index in [4.69, 9.17) is 0 Å². The van der Waals surface area contributed by atoms with Crippen molar-refractivity contribution < 1.29 is 17.2 Å². The van der Waals surface area contributed by atoms with Gasteiger partial charge >= 0.3 is 6.41 Å². The van der Waals surface area contributed by atoms with Gasteiger partial charge in [-0.15, -0.1) is 9.24 Å². The number of carbonyl (C=O) groups excluding carboxylic acids is 1. The summed E-state index contributed by atoms with van der Waals surface area (Å²) in [5.74, 6) is 0. The van der Waals surface area contributed by atoms with Gasteiger partial charge in [-0.2, -0.15) is 11.3 Å². The molecule has 10 heteroatoms. The van der Waals surface area contributed by atoms with Gasteiger partial charge in [-0.25, -0.2) is 13.2 Å². The number of hydrogen-bond donors (Lipinski definition) is 1. The van der Waals surface area contributed by atoms with Crippen LogP contribution < -0.4 is 4.13 Å². The van der Waals surface area contributed by atoms with Crippen molar-refractivity contribution in [3.8, 4) is 0 Å². The molecule has 1 N–H and O–H groups in total. The Balaban J connectivity index is 2.08. The molecule has 0 radical (unpaired) electrons. The second-order valence-electron chi connectivity index (χ2n) is 3.18. The van der Waals surface area contributed by atoms with E-state index in [1.165, 1.54) is 22.8 Å². The zero-order valence-corrected chi connectivity index (χ0v) is 11.0. The van der Waals surface area contributed by atoms with Crippen molar-refractivity contribution in [2.24, 2.45) is 10.3 Å². The summed E-state index contributed by atoms with van der Waals surface area (Å²) in [6.45, 7) is 0.756. The lowest BCUT2D eigenvalue weighted by Crippen LogP contribution is -2.37. The van der Waals surface area contributed by atoms with Crippen LogP contribution >= 0.6 is 23.5 Å². The largest absolute Gasteiger partial charge is 0.342 e. The van der Waals surface area contributed by atoms with Crippen LogP contribution in [0.1, 0.15) is 0 Å². The second-order valence-corrected chi connectivity index (χ2v) is 6.92. The summed E-state index contributed by atoms with van der Waals surface area (Å²) < 4.78 is 25.4. The van der Waals surface area contributed by atoms with Gasteiger partial charge in [0.1, 0.15) is 13.1 Å². The Morgan fingerprint density at radius 2 is 2.41 bits per heavy atom. The molecule has 1 aliphatic rings. The minimum Gasteiger partial charge on any atom is -0.230 e. The van der Waals surface area contributed by atoms with Crippen molar-refractivity contribution in [2.75, 3.05) is 13.1 Å². The third-order valence-electron chi connectivity index (χ3n) is 2.01. The van der Waals surface area contributed by atoms with Crippen molar-refractivity contribution in [3.05, 3.63) is 16.8 Å². The molecular formula is C7H9N4O3S3+. The number of hydrogen-bond acceptors (Lipinski definition) is 7. The van der Waals surface area contributed by atoms with Crippen LogP contribution in [0, 0.1) is 0 Å². The van der Waals surface area contributed by atoms with Crippen molar-refractivity contribution in [1.29, 1.82) is 0 Å². The van der Waals surface area contributed by atoms with Crippen molar-refractivity contribution >= 4 is 39.9 Å². The average Bonchev–Trinajstić information content (AvgIpc) is 2.99. The second kappa shape index (κ2) is 4.82. The van der Waals surface area contributed by atoms with Gasteiger partial charge in [-0.05, 0) is 15.4 Å². The average molecular weight is 293 g/mol. The van der Waals surface area contributed by atoms with E-state index < -0.39 is 14.0 Å². The molecule has 0 fully saturated rings. The molecule has 2 heterocycles. The van der Waals surface area contributed by atoms with Crippen molar-refractivity contribution in [3.63, 3.8) is 0 Å². The lowest BCUT2D eigenvalue weighted by molar-refractivity contribution is -0.706. The first-order valence-corrected chi connectivity index (χ1v) is 7.74. The summed E-state index contributed by atoms with van der Waals surface area (Å²) in [6, 6.07) is 1.49. The highest BCUT2D eigenvalue weighted by Crippen LogP contribution is 2.25. The van der Waals surface area contributed by atoms with E-state index in [1.807, 2.05) is 0 Å². The van der Waals surface area contributed by atoms with Crippen LogP contribution in [-0.4, -0.2) is 31.9 Å². The number of rotatable bonds is 5. The van der Waals surface area contributed by atoms with Crippen LogP contribution in [-0.2, 0) is 14.8 Å². The molecule has 1 aromatic heterocycles. The normalized spacial score (nSPS) is 24.0. The topological polar surface area (TPSA) is 88.0 Å². The number of nitrogens with one attached hydrogen (secondary N) is 1. The maximum absolute atomic E-state index is 11.8. The van der Waals surface area contributed by atoms with Gasteiger partial charge in [0, 0.05) is 10.6 Å². The van der Waals surface area contributed by atoms with E-state index in [0.717, 1.165) is 0 Å². The van der Waals surface area contributed by atoms with E-state index >= 15 is 0 Å². The number of carbonyl (C=O) groups is 1. The molecule has 0 bridgehead atoms. The maximum atomic E-state index is 11.8. The molecule has 0 saturated carbocycles. The molecule has 1 aromatic rings. The molecule has 0 aromatic carbocycles. The molecule has 7 nitrogen and oxygen atoms in total. The minimum absolute atomic E-state index is 0.176. The highest BCUT2D eigenvalue weighted by Gasteiger charge is 2.37. The Kier molecular flexibility index (Phi) is 3.58. The fourth-order valence-corrected chi connectivity index (χ4v) is 4.23. The van der Waals surface area contributed by atoms with E-state index in [0.29, 0.717) is 31.6 Å². The molecule has 0 saturated heterocycles. The predicted octanol–water partition coefficient (Wildman–Crippen LogP) is 0.944. The Morgan fingerprint density at radius 3 is 2.94 bits per heavy atom. The third-order valence-corrected chi connectivity index (χ3v) is 5.55. The number of sulfonamides is 1. The van der Waals surface area contributed by atoms with Crippen LogP contribution in [0.4, 0.5) is 0 Å². The van der Waals surface area contributed by atoms with E-state index in [-0.39, 0.29) is 4.90 Å². The van der Waals surface area contributed by atoms with Crippen LogP contribution in [0.3, 0.4) is 0 Å². The molecule has 0 aliphatic carbocycles. The number of amides is 1. The Bertz CT molecular complexity index is 527. The number of quaternary nitrogens is 1. The van der Waals surface area contributed by atoms with Gasteiger partial charge in [0.05, 0.1) is 4.90 Å². The van der Waals surface area contributed by atoms with E-state index in [1.54, 1.807) is 5.38 Å². The zero-order chi connectivity index (χ0) is 12.4. The summed E-state index contributed by atoms with van der Waals surface area (Å²) in [5, 5.41) is 10.6. The molecular weight excluding hydrogens is 284 g/mol. The molecule has 2 rings (SSSR count). The highest BCUT2D eigenvalue weighted by molar-refractivity contribution is 8.06. The van der Waals surface area contributed by atoms with Gasteiger partial charge in [-0.3, -0.25) is 0 Å². The Morgan fingerprint density at radius 1 is 1.59 bits per heavy atom. The summed E-state index contributed by atoms with van der Waals surface area (Å²) in [6.07, 6.45) is 0.553. The first-order chi connectivity index (χ1) is 8.08. The molecule has 0 spiro atoms. The molecule has 17 heavy (non-hydrogen) atoms. The summed E-state index contributed by atoms with van der Waals surface area (Å²) in [5.41, 5.74) is 0. The van der Waals surface area contributed by atoms with Gasteiger partial charge < -0.3 is 0 Å². The Labute approximate surface area is 106 Å². The SMILES string of the molecule is O=C[N+]1(SNS(=O)(=O)c2ccsc2)CCN=N1. The van der Waals surface area contributed by atoms with Gasteiger partial charge in [0.15, 0.2) is 0 Å². The smallest absolute Gasteiger partial charge is 0.230 e. The van der Waals surface area contributed by atoms with E-state index in [2.05, 4.69) is 14.5 Å². The lowest BCUT2D eigenvalue weighted by Gasteiger charge is -2.14. The van der Waals surface area contributed by atoms with Gasteiger partial charge in [0.25, 0.3) is 10.0 Å². The monoisotopic (exact) mass is 293 g/mol. The fourth-order valence-electron chi connectivity index (χ4n) is 1.11. The Hall–Kier alpha value is -0.810. The van der Waals surface area contributed by atoms with Crippen molar-refractivity contribution in [2.45, 2.75) is 4.90 Å². The molecule has 92 valence electrons. The highest BCUT2D eigenvalue weighted by atomic mass is 32.3. The van der Waals surface area contributed by atoms with Gasteiger partial charge in [0.2, 0.25) is 12.1 Å². The van der Waals surface area contributed by atoms with Crippen LogP contribution in [0.2, 0.25) is 0 Å². The zero-order valence-electron chi connectivity index (χ0n) is 8.51. The van der Waals surface area contributed by atoms with Crippen LogP contribution in [0.5, 0.6) is 0 Å². The first kappa shape index (κ1) is 12.6. The standard InChI is InChI=1S/C7H9N4O3S3/c12-6-11(3-2-8-9-11)16-10-17(13,14)7-1-4-15-5-7/h1,4-6,10H,2-3H2/q+1. The maximum Gasteiger partial charge on any atom is 0.342 e.